The number of hydrogen-bond acceptors (Lipinski definition) is 6. The van der Waals surface area contributed by atoms with Gasteiger partial charge in [-0.25, -0.2) is 9.59 Å². The van der Waals surface area contributed by atoms with Gasteiger partial charge < -0.3 is 19.3 Å². The van der Waals surface area contributed by atoms with Crippen LogP contribution in [0.5, 0.6) is 0 Å². The molecule has 41 heavy (non-hydrogen) atoms. The Morgan fingerprint density at radius 2 is 1.41 bits per heavy atom. The molecule has 5 rings (SSSR count). The maximum atomic E-state index is 13.2. The Morgan fingerprint density at radius 3 is 1.95 bits per heavy atom. The minimum absolute atomic E-state index is 0.0125. The van der Waals surface area contributed by atoms with Crippen molar-refractivity contribution in [3.8, 4) is 11.1 Å². The third-order valence-electron chi connectivity index (χ3n) is 8.18. The highest BCUT2D eigenvalue weighted by Gasteiger charge is 2.32. The Morgan fingerprint density at radius 1 is 0.854 bits per heavy atom. The molecule has 214 valence electrons. The van der Waals surface area contributed by atoms with Crippen LogP contribution in [0.2, 0.25) is 0 Å². The minimum Gasteiger partial charge on any atom is -0.456 e. The molecule has 0 N–H and O–H groups in total. The summed E-state index contributed by atoms with van der Waals surface area (Å²) in [5, 5.41) is 0. The van der Waals surface area contributed by atoms with Crippen LogP contribution >= 0.6 is 0 Å². The van der Waals surface area contributed by atoms with E-state index in [0.29, 0.717) is 42.9 Å². The van der Waals surface area contributed by atoms with Crippen molar-refractivity contribution in [1.82, 2.24) is 4.90 Å². The molecule has 1 fully saturated rings. The summed E-state index contributed by atoms with van der Waals surface area (Å²) in [5.74, 6) is -0.423. The largest absolute Gasteiger partial charge is 0.456 e. The van der Waals surface area contributed by atoms with Crippen LogP contribution in [0, 0.1) is 20.8 Å². The number of ether oxygens (including phenoxy) is 2. The lowest BCUT2D eigenvalue weighted by Crippen LogP contribution is -2.49. The number of esters is 1. The van der Waals surface area contributed by atoms with E-state index in [1.807, 2.05) is 58.9 Å². The van der Waals surface area contributed by atoms with E-state index >= 15 is 0 Å². The van der Waals surface area contributed by atoms with Gasteiger partial charge in [-0.3, -0.25) is 4.79 Å². The summed E-state index contributed by atoms with van der Waals surface area (Å²) in [6.45, 7) is 13.4. The highest BCUT2D eigenvalue weighted by atomic mass is 16.6. The molecular weight excluding hydrogens is 516 g/mol. The molecule has 0 bridgehead atoms. The van der Waals surface area contributed by atoms with Gasteiger partial charge >= 0.3 is 12.1 Å². The van der Waals surface area contributed by atoms with E-state index in [9.17, 15) is 14.4 Å². The van der Waals surface area contributed by atoms with Gasteiger partial charge in [-0.05, 0) is 80.5 Å². The fourth-order valence-corrected chi connectivity index (χ4v) is 6.31. The summed E-state index contributed by atoms with van der Waals surface area (Å²) >= 11 is 0. The molecule has 0 atom stereocenters. The van der Waals surface area contributed by atoms with E-state index < -0.39 is 11.6 Å². The van der Waals surface area contributed by atoms with E-state index in [4.69, 9.17) is 9.47 Å². The van der Waals surface area contributed by atoms with Gasteiger partial charge in [-0.15, -0.1) is 0 Å². The summed E-state index contributed by atoms with van der Waals surface area (Å²) < 4.78 is 11.6. The van der Waals surface area contributed by atoms with Crippen LogP contribution in [0.3, 0.4) is 0 Å². The van der Waals surface area contributed by atoms with E-state index in [0.717, 1.165) is 23.1 Å². The van der Waals surface area contributed by atoms with E-state index in [1.54, 1.807) is 11.8 Å². The molecule has 0 saturated carbocycles. The molecule has 7 nitrogen and oxygen atoms in total. The molecule has 1 heterocycles. The van der Waals surface area contributed by atoms with Crippen molar-refractivity contribution in [2.45, 2.75) is 53.1 Å². The van der Waals surface area contributed by atoms with Crippen LogP contribution in [0.1, 0.15) is 75.2 Å². The van der Waals surface area contributed by atoms with Crippen LogP contribution in [-0.4, -0.2) is 61.6 Å². The van der Waals surface area contributed by atoms with Gasteiger partial charge in [-0.2, -0.15) is 0 Å². The average Bonchev–Trinajstić information content (AvgIpc) is 3.25. The maximum absolute atomic E-state index is 13.2. The second-order valence-corrected chi connectivity index (χ2v) is 11.9. The molecule has 1 aliphatic heterocycles. The molecule has 3 aromatic rings. The molecule has 1 amide bonds. The molecule has 1 aliphatic carbocycles. The van der Waals surface area contributed by atoms with Gasteiger partial charge in [0, 0.05) is 43.3 Å². The molecule has 3 aromatic carbocycles. The second kappa shape index (κ2) is 11.0. The maximum Gasteiger partial charge on any atom is 0.409 e. The molecule has 1 saturated heterocycles. The normalized spacial score (nSPS) is 14.9. The molecule has 0 spiro atoms. The zero-order valence-corrected chi connectivity index (χ0v) is 24.7. The summed E-state index contributed by atoms with van der Waals surface area (Å²) in [6.07, 6.45) is 0.487. The fourth-order valence-electron chi connectivity index (χ4n) is 6.31. The van der Waals surface area contributed by atoms with Crippen molar-refractivity contribution in [1.29, 1.82) is 0 Å². The predicted molar refractivity (Wildman–Crippen MR) is 160 cm³/mol. The van der Waals surface area contributed by atoms with Crippen molar-refractivity contribution in [2.24, 2.45) is 0 Å². The number of fused-ring (bicyclic) bond motifs is 3. The molecule has 7 heteroatoms. The van der Waals surface area contributed by atoms with Crippen molar-refractivity contribution >= 4 is 24.0 Å². The Balaban J connectivity index is 1.29. The molecule has 0 unspecified atom stereocenters. The smallest absolute Gasteiger partial charge is 0.409 e. The predicted octanol–water partition coefficient (Wildman–Crippen LogP) is 6.45. The SMILES string of the molecule is Cc1c(C=O)c(C)c(N2CCN(C(=O)OCC3c4ccccc4-c4ccccc43)CC2)c(C)c1C(=O)OC(C)(C)C. The summed E-state index contributed by atoms with van der Waals surface area (Å²) in [7, 11) is 0. The monoisotopic (exact) mass is 554 g/mol. The third-order valence-corrected chi connectivity index (χ3v) is 8.18. The first kappa shape index (κ1) is 28.4. The zero-order valence-electron chi connectivity index (χ0n) is 24.7. The highest BCUT2D eigenvalue weighted by molar-refractivity contribution is 5.99. The summed E-state index contributed by atoms with van der Waals surface area (Å²) in [5.41, 5.74) is 8.14. The van der Waals surface area contributed by atoms with E-state index in [1.165, 1.54) is 22.3 Å². The van der Waals surface area contributed by atoms with Crippen LogP contribution in [0.4, 0.5) is 10.5 Å². The quantitative estimate of drug-likeness (QED) is 0.267. The van der Waals surface area contributed by atoms with E-state index in [2.05, 4.69) is 29.2 Å². The number of piperazine rings is 1. The first-order valence-corrected chi connectivity index (χ1v) is 14.2. The molecule has 0 aromatic heterocycles. The first-order chi connectivity index (χ1) is 19.5. The Bertz CT molecular complexity index is 1470. The van der Waals surface area contributed by atoms with Gasteiger partial charge in [0.15, 0.2) is 6.29 Å². The first-order valence-electron chi connectivity index (χ1n) is 14.2. The number of hydrogen-bond donors (Lipinski definition) is 0. The van der Waals surface area contributed by atoms with Gasteiger partial charge in [0.1, 0.15) is 12.2 Å². The number of carbonyl (C=O) groups is 3. The summed E-state index contributed by atoms with van der Waals surface area (Å²) in [4.78, 5) is 42.3. The zero-order chi connectivity index (χ0) is 29.5. The van der Waals surface area contributed by atoms with Gasteiger partial charge in [0.2, 0.25) is 0 Å². The lowest BCUT2D eigenvalue weighted by Gasteiger charge is -2.38. The number of benzene rings is 3. The molecule has 0 radical (unpaired) electrons. The minimum atomic E-state index is -0.656. The highest BCUT2D eigenvalue weighted by Crippen LogP contribution is 2.44. The van der Waals surface area contributed by atoms with Crippen LogP contribution in [0.25, 0.3) is 11.1 Å². The fraction of sp³-hybridized carbons (Fsp3) is 0.382. The van der Waals surface area contributed by atoms with Crippen LogP contribution in [-0.2, 0) is 9.47 Å². The molecule has 2 aliphatic rings. The lowest BCUT2D eigenvalue weighted by atomic mass is 9.90. The number of carbonyl (C=O) groups excluding carboxylic acids is 3. The number of rotatable bonds is 5. The van der Waals surface area contributed by atoms with Crippen molar-refractivity contribution in [3.63, 3.8) is 0 Å². The molecular formula is C34H38N2O5. The van der Waals surface area contributed by atoms with Crippen molar-refractivity contribution in [2.75, 3.05) is 37.7 Å². The van der Waals surface area contributed by atoms with E-state index in [-0.39, 0.29) is 18.6 Å². The average molecular weight is 555 g/mol. The third kappa shape index (κ3) is 5.33. The van der Waals surface area contributed by atoms with Crippen molar-refractivity contribution < 1.29 is 23.9 Å². The summed E-state index contributed by atoms with van der Waals surface area (Å²) in [6, 6.07) is 16.6. The van der Waals surface area contributed by atoms with Crippen LogP contribution < -0.4 is 4.90 Å². The number of anilines is 1. The number of amides is 1. The Hall–Kier alpha value is -4.13. The topological polar surface area (TPSA) is 76.2 Å². The Kier molecular flexibility index (Phi) is 7.64. The van der Waals surface area contributed by atoms with Gasteiger partial charge in [0.05, 0.1) is 5.56 Å². The van der Waals surface area contributed by atoms with Gasteiger partial charge in [-0.1, -0.05) is 48.5 Å². The van der Waals surface area contributed by atoms with Crippen molar-refractivity contribution in [3.05, 3.63) is 87.5 Å². The standard InChI is InChI=1S/C34H38N2O5/c1-21-28(19-37)22(2)31(23(3)30(21)32(38)41-34(4,5)6)35-15-17-36(18-16-35)33(39)40-20-29-26-13-9-7-11-24(26)25-12-8-10-14-27(25)29/h7-14,19,29H,15-18,20H2,1-6H3. The second-order valence-electron chi connectivity index (χ2n) is 11.9. The number of nitrogens with zero attached hydrogens (tertiary/aromatic N) is 2. The van der Waals surface area contributed by atoms with Gasteiger partial charge in [0.25, 0.3) is 0 Å². The number of aldehydes is 1. The lowest BCUT2D eigenvalue weighted by molar-refractivity contribution is 0.00679. The Labute approximate surface area is 242 Å². The van der Waals surface area contributed by atoms with Crippen LogP contribution in [0.15, 0.2) is 48.5 Å².